The molecule has 4 nitrogen and oxygen atoms in total. The predicted molar refractivity (Wildman–Crippen MR) is 44.5 cm³/mol. The molecule has 58 valence electrons. The highest BCUT2D eigenvalue weighted by Gasteiger charge is 1.98. The number of rotatable bonds is 1. The van der Waals surface area contributed by atoms with Crippen LogP contribution in [0.5, 0.6) is 0 Å². The molecule has 0 bridgehead atoms. The summed E-state index contributed by atoms with van der Waals surface area (Å²) < 4.78 is 0. The zero-order valence-corrected chi connectivity index (χ0v) is 6.34. The third-order valence-corrected chi connectivity index (χ3v) is 1.55. The molecule has 0 fully saturated rings. The van der Waals surface area contributed by atoms with E-state index in [9.17, 15) is 4.79 Å². The maximum Gasteiger partial charge on any atom is 0.410 e. The van der Waals surface area contributed by atoms with Gasteiger partial charge in [0.25, 0.3) is 0 Å². The number of amides is 1. The van der Waals surface area contributed by atoms with Crippen LogP contribution in [-0.2, 0) is 0 Å². The lowest BCUT2D eigenvalue weighted by atomic mass is 10.7. The molecule has 1 heterocycles. The molecule has 0 saturated heterocycles. The van der Waals surface area contributed by atoms with Gasteiger partial charge in [0.05, 0.1) is 0 Å². The summed E-state index contributed by atoms with van der Waals surface area (Å²) in [6.45, 7) is 0. The fourth-order valence-corrected chi connectivity index (χ4v) is 0.998. The lowest BCUT2D eigenvalue weighted by Gasteiger charge is -1.96. The van der Waals surface area contributed by atoms with Gasteiger partial charge < -0.3 is 5.11 Å². The highest BCUT2D eigenvalue weighted by molar-refractivity contribution is 8.04. The zero-order valence-electron chi connectivity index (χ0n) is 5.52. The first-order valence-corrected chi connectivity index (χ1v) is 3.78. The molecule has 0 aromatic carbocycles. The van der Waals surface area contributed by atoms with E-state index >= 15 is 0 Å². The average molecular weight is 170 g/mol. The van der Waals surface area contributed by atoms with Gasteiger partial charge in [0.1, 0.15) is 5.82 Å². The Labute approximate surface area is 67.7 Å². The number of hydrogen-bond acceptors (Lipinski definition) is 3. The number of aliphatic imine (C=N–C) groups is 1. The number of allylic oxidation sites excluding steroid dienone is 1. The molecule has 11 heavy (non-hydrogen) atoms. The Bertz CT molecular complexity index is 245. The number of nitrogens with zero attached hydrogens (tertiary/aromatic N) is 1. The van der Waals surface area contributed by atoms with Gasteiger partial charge >= 0.3 is 6.09 Å². The van der Waals surface area contributed by atoms with E-state index in [1.165, 1.54) is 18.0 Å². The fraction of sp³-hybridized carbons (Fsp3) is 0. The molecular weight excluding hydrogens is 164 g/mol. The van der Waals surface area contributed by atoms with E-state index in [1.807, 2.05) is 0 Å². The van der Waals surface area contributed by atoms with Gasteiger partial charge in [0, 0.05) is 11.6 Å². The highest BCUT2D eigenvalue weighted by Crippen LogP contribution is 2.09. The van der Waals surface area contributed by atoms with Crippen molar-refractivity contribution >= 4 is 24.1 Å². The van der Waals surface area contributed by atoms with Crippen molar-refractivity contribution in [2.75, 3.05) is 0 Å². The van der Waals surface area contributed by atoms with E-state index in [4.69, 9.17) is 5.11 Å². The van der Waals surface area contributed by atoms with E-state index in [1.54, 1.807) is 16.9 Å². The molecule has 0 unspecified atom stereocenters. The van der Waals surface area contributed by atoms with Crippen molar-refractivity contribution in [3.63, 3.8) is 0 Å². The molecule has 1 aliphatic heterocycles. The summed E-state index contributed by atoms with van der Waals surface area (Å²) in [5, 5.41) is 13.9. The van der Waals surface area contributed by atoms with Crippen molar-refractivity contribution in [2.24, 2.45) is 4.99 Å². The van der Waals surface area contributed by atoms with Crippen LogP contribution in [0.4, 0.5) is 4.79 Å². The molecule has 1 amide bonds. The van der Waals surface area contributed by atoms with Crippen LogP contribution in [0.1, 0.15) is 0 Å². The van der Waals surface area contributed by atoms with E-state index in [0.717, 1.165) is 0 Å². The normalized spacial score (nSPS) is 15.5. The van der Waals surface area contributed by atoms with Gasteiger partial charge in [-0.1, -0.05) is 0 Å². The number of nitrogens with one attached hydrogen (secondary N) is 1. The zero-order chi connectivity index (χ0) is 8.10. The second-order valence-electron chi connectivity index (χ2n) is 1.68. The van der Waals surface area contributed by atoms with Gasteiger partial charge in [0.15, 0.2) is 0 Å². The second-order valence-corrected chi connectivity index (χ2v) is 2.46. The first kappa shape index (κ1) is 7.87. The summed E-state index contributed by atoms with van der Waals surface area (Å²) >= 11 is 1.37. The largest absolute Gasteiger partial charge is 0.465 e. The Morgan fingerprint density at radius 3 is 3.27 bits per heavy atom. The molecular formula is C6H6N2O2S. The summed E-state index contributed by atoms with van der Waals surface area (Å²) in [6, 6.07) is 0. The van der Waals surface area contributed by atoms with Crippen LogP contribution in [0.3, 0.4) is 0 Å². The number of carbonyl (C=O) groups is 1. The van der Waals surface area contributed by atoms with Crippen LogP contribution in [0.15, 0.2) is 27.7 Å². The van der Waals surface area contributed by atoms with Crippen molar-refractivity contribution in [1.82, 2.24) is 5.32 Å². The van der Waals surface area contributed by atoms with E-state index in [2.05, 4.69) is 10.3 Å². The molecule has 0 aromatic heterocycles. The van der Waals surface area contributed by atoms with Crippen molar-refractivity contribution in [3.8, 4) is 0 Å². The molecule has 0 spiro atoms. The topological polar surface area (TPSA) is 61.7 Å². The summed E-state index contributed by atoms with van der Waals surface area (Å²) in [4.78, 5) is 13.9. The van der Waals surface area contributed by atoms with E-state index < -0.39 is 6.09 Å². The summed E-state index contributed by atoms with van der Waals surface area (Å²) in [5.41, 5.74) is 0. The Balaban J connectivity index is 2.58. The summed E-state index contributed by atoms with van der Waals surface area (Å²) in [7, 11) is 0. The highest BCUT2D eigenvalue weighted by atomic mass is 32.2. The molecule has 0 saturated carbocycles. The van der Waals surface area contributed by atoms with Gasteiger partial charge in [-0.05, 0) is 11.5 Å². The molecule has 5 heteroatoms. The van der Waals surface area contributed by atoms with E-state index in [-0.39, 0.29) is 0 Å². The van der Waals surface area contributed by atoms with Crippen LogP contribution in [0.2, 0.25) is 0 Å². The number of hydrogen-bond donors (Lipinski definition) is 2. The van der Waals surface area contributed by atoms with Crippen molar-refractivity contribution in [1.29, 1.82) is 0 Å². The van der Waals surface area contributed by atoms with Crippen LogP contribution in [-0.4, -0.2) is 17.4 Å². The molecule has 0 aliphatic carbocycles. The quantitative estimate of drug-likeness (QED) is 0.625. The Morgan fingerprint density at radius 1 is 1.73 bits per heavy atom. The second kappa shape index (κ2) is 3.82. The van der Waals surface area contributed by atoms with Crippen LogP contribution in [0.25, 0.3) is 0 Å². The first-order valence-electron chi connectivity index (χ1n) is 2.84. The molecule has 0 atom stereocenters. The summed E-state index contributed by atoms with van der Waals surface area (Å²) in [5.74, 6) is 0.340. The van der Waals surface area contributed by atoms with Gasteiger partial charge in [-0.2, -0.15) is 0 Å². The minimum absolute atomic E-state index is 0.340. The smallest absolute Gasteiger partial charge is 0.410 e. The van der Waals surface area contributed by atoms with Crippen molar-refractivity contribution in [2.45, 2.75) is 0 Å². The molecule has 0 aromatic rings. The maximum absolute atomic E-state index is 10.1. The predicted octanol–water partition coefficient (Wildman–Crippen LogP) is 1.38. The summed E-state index contributed by atoms with van der Waals surface area (Å²) in [6.07, 6.45) is 2.16. The fourth-order valence-electron chi connectivity index (χ4n) is 0.509. The standard InChI is InChI=1S/C6H6N2O2S/c9-6(10)8-5-4-11-3-1-2-7-5/h1-4,8H,(H,9,10). The monoisotopic (exact) mass is 170 g/mol. The molecule has 1 rings (SSSR count). The SMILES string of the molecule is O=C(O)NC1=CSC=CC=N1. The number of thioether (sulfide) groups is 1. The Kier molecular flexibility index (Phi) is 2.74. The first-order chi connectivity index (χ1) is 5.29. The van der Waals surface area contributed by atoms with Crippen molar-refractivity contribution < 1.29 is 9.90 Å². The average Bonchev–Trinajstić information content (AvgIpc) is 2.14. The van der Waals surface area contributed by atoms with Crippen LogP contribution in [0, 0.1) is 0 Å². The lowest BCUT2D eigenvalue weighted by Crippen LogP contribution is -2.18. The maximum atomic E-state index is 10.1. The van der Waals surface area contributed by atoms with Gasteiger partial charge in [0.2, 0.25) is 0 Å². The minimum atomic E-state index is -1.10. The van der Waals surface area contributed by atoms with E-state index in [0.29, 0.717) is 5.82 Å². The minimum Gasteiger partial charge on any atom is -0.465 e. The Morgan fingerprint density at radius 2 is 2.55 bits per heavy atom. The molecule has 1 aliphatic rings. The van der Waals surface area contributed by atoms with Gasteiger partial charge in [-0.25, -0.2) is 9.79 Å². The van der Waals surface area contributed by atoms with Crippen LogP contribution >= 0.6 is 11.8 Å². The lowest BCUT2D eigenvalue weighted by molar-refractivity contribution is 0.197. The third-order valence-electron chi connectivity index (χ3n) is 0.871. The van der Waals surface area contributed by atoms with Gasteiger partial charge in [-0.15, -0.1) is 11.8 Å². The third kappa shape index (κ3) is 2.90. The number of carboxylic acid groups (broad SMARTS) is 1. The molecule has 0 radical (unpaired) electrons. The molecule has 2 N–H and O–H groups in total. The Hall–Kier alpha value is -1.23. The van der Waals surface area contributed by atoms with Gasteiger partial charge in [-0.3, -0.25) is 5.32 Å². The van der Waals surface area contributed by atoms with Crippen molar-refractivity contribution in [3.05, 3.63) is 22.7 Å². The van der Waals surface area contributed by atoms with Crippen LogP contribution < -0.4 is 5.32 Å².